The van der Waals surface area contributed by atoms with Gasteiger partial charge in [0.1, 0.15) is 0 Å². The molecule has 0 heterocycles. The van der Waals surface area contributed by atoms with Gasteiger partial charge in [0.15, 0.2) is 0 Å². The largest absolute Gasteiger partial charge is 0.402 e. The van der Waals surface area contributed by atoms with Gasteiger partial charge < -0.3 is 5.73 Å². The molecule has 0 bridgehead atoms. The maximum absolute atomic E-state index is 5.85. The molecule has 0 spiro atoms. The SMILES string of the molecule is NC1=Cc2cc3ccccc3cc2CC1. The van der Waals surface area contributed by atoms with Gasteiger partial charge in [0.25, 0.3) is 0 Å². The molecule has 0 aromatic heterocycles. The molecule has 0 atom stereocenters. The van der Waals surface area contributed by atoms with E-state index in [2.05, 4.69) is 42.5 Å². The molecule has 2 aromatic rings. The first-order valence-corrected chi connectivity index (χ1v) is 5.31. The molecule has 1 aliphatic carbocycles. The predicted octanol–water partition coefficient (Wildman–Crippen LogP) is 3.09. The summed E-state index contributed by atoms with van der Waals surface area (Å²) >= 11 is 0. The van der Waals surface area contributed by atoms with Crippen LogP contribution in [-0.2, 0) is 6.42 Å². The summed E-state index contributed by atoms with van der Waals surface area (Å²) in [5.74, 6) is 0. The number of hydrogen-bond donors (Lipinski definition) is 1. The molecule has 0 unspecified atom stereocenters. The maximum atomic E-state index is 5.85. The first-order chi connectivity index (χ1) is 7.33. The molecule has 0 aliphatic heterocycles. The Morgan fingerprint density at radius 2 is 1.67 bits per heavy atom. The van der Waals surface area contributed by atoms with E-state index in [1.54, 1.807) is 0 Å². The van der Waals surface area contributed by atoms with Crippen molar-refractivity contribution in [2.24, 2.45) is 5.73 Å². The fourth-order valence-electron chi connectivity index (χ4n) is 2.21. The summed E-state index contributed by atoms with van der Waals surface area (Å²) in [5.41, 5.74) is 9.56. The molecule has 1 heteroatoms. The Morgan fingerprint density at radius 1 is 0.933 bits per heavy atom. The molecule has 1 aliphatic rings. The molecule has 0 fully saturated rings. The van der Waals surface area contributed by atoms with Gasteiger partial charge in [-0.15, -0.1) is 0 Å². The van der Waals surface area contributed by atoms with Crippen LogP contribution in [0.5, 0.6) is 0 Å². The minimum Gasteiger partial charge on any atom is -0.402 e. The van der Waals surface area contributed by atoms with Crippen LogP contribution in [-0.4, -0.2) is 0 Å². The first-order valence-electron chi connectivity index (χ1n) is 5.31. The fourth-order valence-corrected chi connectivity index (χ4v) is 2.21. The minimum absolute atomic E-state index is 0.991. The smallest absolute Gasteiger partial charge is 0.00899 e. The molecule has 74 valence electrons. The van der Waals surface area contributed by atoms with Crippen LogP contribution in [0, 0.1) is 0 Å². The first kappa shape index (κ1) is 8.54. The van der Waals surface area contributed by atoms with Crippen molar-refractivity contribution in [2.45, 2.75) is 12.8 Å². The second-order valence-corrected chi connectivity index (χ2v) is 4.12. The summed E-state index contributed by atoms with van der Waals surface area (Å²) in [6.45, 7) is 0. The van der Waals surface area contributed by atoms with Crippen LogP contribution in [0.3, 0.4) is 0 Å². The summed E-state index contributed by atoms with van der Waals surface area (Å²) in [4.78, 5) is 0. The Bertz CT molecular complexity index is 552. The van der Waals surface area contributed by atoms with Gasteiger partial charge in [-0.2, -0.15) is 0 Å². The van der Waals surface area contributed by atoms with Crippen molar-refractivity contribution in [3.63, 3.8) is 0 Å². The van der Waals surface area contributed by atoms with Crippen LogP contribution in [0.4, 0.5) is 0 Å². The molecule has 0 amide bonds. The third kappa shape index (κ3) is 1.40. The highest BCUT2D eigenvalue weighted by molar-refractivity contribution is 5.86. The second-order valence-electron chi connectivity index (χ2n) is 4.12. The zero-order chi connectivity index (χ0) is 10.3. The molecular formula is C14H13N. The summed E-state index contributed by atoms with van der Waals surface area (Å²) in [5, 5.41) is 2.62. The van der Waals surface area contributed by atoms with Gasteiger partial charge in [-0.25, -0.2) is 0 Å². The van der Waals surface area contributed by atoms with E-state index < -0.39 is 0 Å². The van der Waals surface area contributed by atoms with E-state index in [4.69, 9.17) is 5.73 Å². The van der Waals surface area contributed by atoms with E-state index >= 15 is 0 Å². The predicted molar refractivity (Wildman–Crippen MR) is 64.4 cm³/mol. The standard InChI is InChI=1S/C14H13N/c15-14-6-5-12-7-10-3-1-2-4-11(10)8-13(12)9-14/h1-4,7-9H,5-6,15H2. The number of aryl methyl sites for hydroxylation is 1. The average molecular weight is 195 g/mol. The van der Waals surface area contributed by atoms with Crippen molar-refractivity contribution in [1.82, 2.24) is 0 Å². The van der Waals surface area contributed by atoms with Crippen molar-refractivity contribution in [3.8, 4) is 0 Å². The monoisotopic (exact) mass is 195 g/mol. The lowest BCUT2D eigenvalue weighted by atomic mass is 9.92. The van der Waals surface area contributed by atoms with Crippen molar-refractivity contribution < 1.29 is 0 Å². The lowest BCUT2D eigenvalue weighted by Gasteiger charge is -2.14. The molecule has 3 rings (SSSR count). The highest BCUT2D eigenvalue weighted by Gasteiger charge is 2.08. The Balaban J connectivity index is 2.30. The molecule has 2 aromatic carbocycles. The zero-order valence-corrected chi connectivity index (χ0v) is 8.53. The minimum atomic E-state index is 0.991. The van der Waals surface area contributed by atoms with Crippen LogP contribution >= 0.6 is 0 Å². The van der Waals surface area contributed by atoms with E-state index in [0.29, 0.717) is 0 Å². The lowest BCUT2D eigenvalue weighted by molar-refractivity contribution is 0.916. The van der Waals surface area contributed by atoms with Crippen molar-refractivity contribution in [1.29, 1.82) is 0 Å². The maximum Gasteiger partial charge on any atom is 0.00899 e. The molecule has 0 saturated carbocycles. The van der Waals surface area contributed by atoms with Gasteiger partial charge in [0.05, 0.1) is 0 Å². The van der Waals surface area contributed by atoms with Gasteiger partial charge >= 0.3 is 0 Å². The Hall–Kier alpha value is -1.76. The Labute approximate surface area is 89.2 Å². The molecule has 2 N–H and O–H groups in total. The Morgan fingerprint density at radius 3 is 2.47 bits per heavy atom. The van der Waals surface area contributed by atoms with E-state index in [9.17, 15) is 0 Å². The van der Waals surface area contributed by atoms with E-state index in [1.807, 2.05) is 0 Å². The van der Waals surface area contributed by atoms with Crippen molar-refractivity contribution in [3.05, 3.63) is 53.2 Å². The van der Waals surface area contributed by atoms with Gasteiger partial charge in [0, 0.05) is 5.70 Å². The number of rotatable bonds is 0. The van der Waals surface area contributed by atoms with E-state index in [-0.39, 0.29) is 0 Å². The molecular weight excluding hydrogens is 182 g/mol. The average Bonchev–Trinajstić information content (AvgIpc) is 2.26. The van der Waals surface area contributed by atoms with E-state index in [0.717, 1.165) is 18.5 Å². The second kappa shape index (κ2) is 3.13. The highest BCUT2D eigenvalue weighted by atomic mass is 14.6. The number of fused-ring (bicyclic) bond motifs is 2. The molecule has 1 nitrogen and oxygen atoms in total. The van der Waals surface area contributed by atoms with Crippen LogP contribution in [0.15, 0.2) is 42.1 Å². The van der Waals surface area contributed by atoms with Crippen LogP contribution < -0.4 is 5.73 Å². The topological polar surface area (TPSA) is 26.0 Å². The number of nitrogens with two attached hydrogens (primary N) is 1. The zero-order valence-electron chi connectivity index (χ0n) is 8.53. The summed E-state index contributed by atoms with van der Waals surface area (Å²) in [6.07, 6.45) is 4.17. The van der Waals surface area contributed by atoms with E-state index in [1.165, 1.54) is 21.9 Å². The van der Waals surface area contributed by atoms with Crippen molar-refractivity contribution >= 4 is 16.8 Å². The highest BCUT2D eigenvalue weighted by Crippen LogP contribution is 2.26. The fraction of sp³-hybridized carbons (Fsp3) is 0.143. The lowest BCUT2D eigenvalue weighted by Crippen LogP contribution is -2.05. The van der Waals surface area contributed by atoms with Gasteiger partial charge in [-0.3, -0.25) is 0 Å². The number of allylic oxidation sites excluding steroid dienone is 1. The third-order valence-corrected chi connectivity index (χ3v) is 3.03. The third-order valence-electron chi connectivity index (χ3n) is 3.03. The van der Waals surface area contributed by atoms with Crippen molar-refractivity contribution in [2.75, 3.05) is 0 Å². The van der Waals surface area contributed by atoms with Crippen LogP contribution in [0.25, 0.3) is 16.8 Å². The van der Waals surface area contributed by atoms with Gasteiger partial charge in [-0.05, 0) is 46.9 Å². The number of hydrogen-bond acceptors (Lipinski definition) is 1. The van der Waals surface area contributed by atoms with Crippen LogP contribution in [0.2, 0.25) is 0 Å². The Kier molecular flexibility index (Phi) is 1.78. The number of benzene rings is 2. The normalized spacial score (nSPS) is 14.8. The molecule has 15 heavy (non-hydrogen) atoms. The molecule has 0 radical (unpaired) electrons. The quantitative estimate of drug-likeness (QED) is 0.686. The molecule has 0 saturated heterocycles. The van der Waals surface area contributed by atoms with Gasteiger partial charge in [-0.1, -0.05) is 30.3 Å². The summed E-state index contributed by atoms with van der Waals surface area (Å²) in [7, 11) is 0. The summed E-state index contributed by atoms with van der Waals surface area (Å²) in [6, 6.07) is 13.0. The van der Waals surface area contributed by atoms with Gasteiger partial charge in [0.2, 0.25) is 0 Å². The van der Waals surface area contributed by atoms with Crippen LogP contribution in [0.1, 0.15) is 17.5 Å². The summed E-state index contributed by atoms with van der Waals surface area (Å²) < 4.78 is 0.